The van der Waals surface area contributed by atoms with E-state index in [1.54, 1.807) is 6.20 Å². The Morgan fingerprint density at radius 3 is 2.73 bits per heavy atom. The molecule has 0 aliphatic carbocycles. The van der Waals surface area contributed by atoms with Crippen molar-refractivity contribution in [2.75, 3.05) is 19.6 Å². The Kier molecular flexibility index (Phi) is 5.53. The van der Waals surface area contributed by atoms with Gasteiger partial charge in [-0.1, -0.05) is 13.3 Å². The molecule has 0 aromatic carbocycles. The van der Waals surface area contributed by atoms with E-state index in [0.29, 0.717) is 32.6 Å². The van der Waals surface area contributed by atoms with Gasteiger partial charge in [-0.25, -0.2) is 4.79 Å². The van der Waals surface area contributed by atoms with Crippen LogP contribution in [0, 0.1) is 6.92 Å². The standard InChI is InChI=1S/C19H30N4O3/c1-4-5-16(3)23-14-19(26-18(23)25)7-10-21(11-8-19)17(24)6-9-22-13-15(2)12-20-22/h12-13,16H,4-11,14H2,1-3H3. The quantitative estimate of drug-likeness (QED) is 0.780. The van der Waals surface area contributed by atoms with E-state index in [9.17, 15) is 9.59 Å². The number of aryl methyl sites for hydroxylation is 2. The maximum Gasteiger partial charge on any atom is 0.410 e. The lowest BCUT2D eigenvalue weighted by atomic mass is 9.90. The molecule has 0 saturated carbocycles. The van der Waals surface area contributed by atoms with E-state index in [4.69, 9.17) is 4.74 Å². The molecule has 26 heavy (non-hydrogen) atoms. The smallest absolute Gasteiger partial charge is 0.410 e. The maximum atomic E-state index is 12.5. The van der Waals surface area contributed by atoms with Gasteiger partial charge in [-0.2, -0.15) is 5.10 Å². The summed E-state index contributed by atoms with van der Waals surface area (Å²) in [6.45, 7) is 8.76. The molecule has 2 fully saturated rings. The molecule has 2 saturated heterocycles. The van der Waals surface area contributed by atoms with Crippen molar-refractivity contribution >= 4 is 12.0 Å². The number of amides is 2. The van der Waals surface area contributed by atoms with Crippen LogP contribution in [0.5, 0.6) is 0 Å². The van der Waals surface area contributed by atoms with Crippen LogP contribution in [-0.4, -0.2) is 62.9 Å². The van der Waals surface area contributed by atoms with Crippen LogP contribution in [0.15, 0.2) is 12.4 Å². The molecular weight excluding hydrogens is 332 g/mol. The van der Waals surface area contributed by atoms with Crippen LogP contribution in [0.3, 0.4) is 0 Å². The van der Waals surface area contributed by atoms with Gasteiger partial charge in [0.25, 0.3) is 0 Å². The summed E-state index contributed by atoms with van der Waals surface area (Å²) in [5, 5.41) is 4.22. The molecule has 1 aromatic heterocycles. The Balaban J connectivity index is 1.49. The fourth-order valence-corrected chi connectivity index (χ4v) is 3.94. The fourth-order valence-electron chi connectivity index (χ4n) is 3.94. The van der Waals surface area contributed by atoms with E-state index in [2.05, 4.69) is 18.9 Å². The van der Waals surface area contributed by atoms with Crippen molar-refractivity contribution in [2.24, 2.45) is 0 Å². The number of carbonyl (C=O) groups is 2. The number of hydrogen-bond donors (Lipinski definition) is 0. The van der Waals surface area contributed by atoms with Crippen molar-refractivity contribution in [1.82, 2.24) is 19.6 Å². The van der Waals surface area contributed by atoms with Crippen molar-refractivity contribution in [2.45, 2.75) is 71.1 Å². The number of hydrogen-bond acceptors (Lipinski definition) is 4. The van der Waals surface area contributed by atoms with Gasteiger partial charge in [0.1, 0.15) is 5.60 Å². The lowest BCUT2D eigenvalue weighted by Gasteiger charge is -2.37. The summed E-state index contributed by atoms with van der Waals surface area (Å²) < 4.78 is 7.57. The van der Waals surface area contributed by atoms with Gasteiger partial charge in [-0.15, -0.1) is 0 Å². The normalized spacial score (nSPS) is 20.5. The van der Waals surface area contributed by atoms with Crippen LogP contribution in [0.25, 0.3) is 0 Å². The summed E-state index contributed by atoms with van der Waals surface area (Å²) in [5.74, 6) is 0.147. The first kappa shape index (κ1) is 18.7. The van der Waals surface area contributed by atoms with E-state index in [-0.39, 0.29) is 18.0 Å². The fraction of sp³-hybridized carbons (Fsp3) is 0.737. The third kappa shape index (κ3) is 4.02. The van der Waals surface area contributed by atoms with E-state index in [1.165, 1.54) is 0 Å². The van der Waals surface area contributed by atoms with E-state index < -0.39 is 5.60 Å². The summed E-state index contributed by atoms with van der Waals surface area (Å²) in [4.78, 5) is 28.5. The van der Waals surface area contributed by atoms with Gasteiger partial charge in [0.2, 0.25) is 5.91 Å². The molecule has 144 valence electrons. The minimum absolute atomic E-state index is 0.147. The highest BCUT2D eigenvalue weighted by Gasteiger charge is 2.48. The van der Waals surface area contributed by atoms with Crippen LogP contribution in [0.2, 0.25) is 0 Å². The Bertz CT molecular complexity index is 649. The second-order valence-corrected chi connectivity index (χ2v) is 7.73. The number of carbonyl (C=O) groups excluding carboxylic acids is 2. The Morgan fingerprint density at radius 1 is 1.38 bits per heavy atom. The molecule has 3 rings (SSSR count). The molecule has 1 atom stereocenters. The minimum Gasteiger partial charge on any atom is -0.441 e. The van der Waals surface area contributed by atoms with Gasteiger partial charge < -0.3 is 14.5 Å². The Hall–Kier alpha value is -2.05. The first-order valence-corrected chi connectivity index (χ1v) is 9.69. The average molecular weight is 362 g/mol. The number of likely N-dealkylation sites (tertiary alicyclic amines) is 1. The summed E-state index contributed by atoms with van der Waals surface area (Å²) in [5.41, 5.74) is 0.692. The molecule has 7 nitrogen and oxygen atoms in total. The Labute approximate surface area is 155 Å². The summed E-state index contributed by atoms with van der Waals surface area (Å²) >= 11 is 0. The molecule has 2 aliphatic heterocycles. The van der Waals surface area contributed by atoms with Gasteiger partial charge in [0.15, 0.2) is 0 Å². The predicted octanol–water partition coefficient (Wildman–Crippen LogP) is 2.58. The lowest BCUT2D eigenvalue weighted by molar-refractivity contribution is -0.134. The van der Waals surface area contributed by atoms with Crippen LogP contribution in [0.4, 0.5) is 4.79 Å². The molecule has 0 N–H and O–H groups in total. The van der Waals surface area contributed by atoms with Gasteiger partial charge in [-0.05, 0) is 25.8 Å². The number of ether oxygens (including phenoxy) is 1. The molecule has 1 spiro atoms. The second kappa shape index (κ2) is 7.68. The van der Waals surface area contributed by atoms with Crippen LogP contribution in [-0.2, 0) is 16.1 Å². The zero-order chi connectivity index (χ0) is 18.7. The number of aromatic nitrogens is 2. The molecule has 1 aromatic rings. The molecule has 1 unspecified atom stereocenters. The molecule has 2 aliphatic rings. The zero-order valence-corrected chi connectivity index (χ0v) is 16.1. The van der Waals surface area contributed by atoms with Crippen molar-refractivity contribution < 1.29 is 14.3 Å². The van der Waals surface area contributed by atoms with Gasteiger partial charge in [0.05, 0.1) is 12.7 Å². The first-order chi connectivity index (χ1) is 12.4. The van der Waals surface area contributed by atoms with E-state index >= 15 is 0 Å². The van der Waals surface area contributed by atoms with Crippen molar-refractivity contribution in [3.63, 3.8) is 0 Å². The van der Waals surface area contributed by atoms with Crippen LogP contribution in [0.1, 0.15) is 51.5 Å². The molecule has 2 amide bonds. The summed E-state index contributed by atoms with van der Waals surface area (Å²) in [7, 11) is 0. The van der Waals surface area contributed by atoms with Crippen LogP contribution >= 0.6 is 0 Å². The highest BCUT2D eigenvalue weighted by Crippen LogP contribution is 2.34. The third-order valence-corrected chi connectivity index (χ3v) is 5.58. The van der Waals surface area contributed by atoms with Crippen molar-refractivity contribution in [3.05, 3.63) is 18.0 Å². The zero-order valence-electron chi connectivity index (χ0n) is 16.1. The van der Waals surface area contributed by atoms with Crippen molar-refractivity contribution in [3.8, 4) is 0 Å². The maximum absolute atomic E-state index is 12.5. The molecule has 7 heteroatoms. The molecule has 0 bridgehead atoms. The monoisotopic (exact) mass is 362 g/mol. The second-order valence-electron chi connectivity index (χ2n) is 7.73. The highest BCUT2D eigenvalue weighted by molar-refractivity contribution is 5.76. The lowest BCUT2D eigenvalue weighted by Crippen LogP contribution is -2.49. The van der Waals surface area contributed by atoms with Crippen molar-refractivity contribution in [1.29, 1.82) is 0 Å². The van der Waals surface area contributed by atoms with Gasteiger partial charge >= 0.3 is 6.09 Å². The largest absolute Gasteiger partial charge is 0.441 e. The first-order valence-electron chi connectivity index (χ1n) is 9.69. The summed E-state index contributed by atoms with van der Waals surface area (Å²) in [6.07, 6.45) is 7.49. The van der Waals surface area contributed by atoms with E-state index in [0.717, 1.165) is 31.2 Å². The number of piperidine rings is 1. The average Bonchev–Trinajstić information content (AvgIpc) is 3.17. The minimum atomic E-state index is -0.408. The van der Waals surface area contributed by atoms with E-state index in [1.807, 2.05) is 27.6 Å². The topological polar surface area (TPSA) is 67.7 Å². The molecule has 3 heterocycles. The molecular formula is C19H30N4O3. The summed E-state index contributed by atoms with van der Waals surface area (Å²) in [6, 6.07) is 0.212. The predicted molar refractivity (Wildman–Crippen MR) is 97.7 cm³/mol. The van der Waals surface area contributed by atoms with Crippen LogP contribution < -0.4 is 0 Å². The number of nitrogens with zero attached hydrogens (tertiary/aromatic N) is 4. The third-order valence-electron chi connectivity index (χ3n) is 5.58. The number of rotatable bonds is 6. The van der Waals surface area contributed by atoms with Gasteiger partial charge in [-0.3, -0.25) is 9.48 Å². The highest BCUT2D eigenvalue weighted by atomic mass is 16.6. The molecule has 0 radical (unpaired) electrons. The SMILES string of the molecule is CCCC(C)N1CC2(CCN(C(=O)CCn3cc(C)cn3)CC2)OC1=O. The Morgan fingerprint density at radius 2 is 2.12 bits per heavy atom. The van der Waals surface area contributed by atoms with Gasteiger partial charge in [0, 0.05) is 51.1 Å².